The summed E-state index contributed by atoms with van der Waals surface area (Å²) in [7, 11) is 0. The first-order valence-electron chi connectivity index (χ1n) is 4.78. The smallest absolute Gasteiger partial charge is 0.254 e. The lowest BCUT2D eigenvalue weighted by atomic mass is 10.2. The minimum absolute atomic E-state index is 0.0749. The van der Waals surface area contributed by atoms with E-state index in [9.17, 15) is 4.79 Å². The highest BCUT2D eigenvalue weighted by molar-refractivity contribution is 5.94. The zero-order chi connectivity index (χ0) is 10.4. The number of furan rings is 1. The Hall–Kier alpha value is -1.29. The molecule has 0 unspecified atom stereocenters. The van der Waals surface area contributed by atoms with Crippen LogP contribution in [-0.2, 0) is 0 Å². The first-order chi connectivity index (χ1) is 6.75. The van der Waals surface area contributed by atoms with Crippen molar-refractivity contribution in [2.75, 3.05) is 19.6 Å². The molecular formula is C10H16N2O2. The standard InChI is InChI=1S/C10H16N2O2/c1-3-11-5-6-12-10(13)9-4-7-14-8(9)2/h4,7,11H,3,5-6H2,1-2H3,(H,12,13). The van der Waals surface area contributed by atoms with Crippen molar-refractivity contribution in [1.29, 1.82) is 0 Å². The summed E-state index contributed by atoms with van der Waals surface area (Å²) in [5.41, 5.74) is 0.612. The molecule has 0 aliphatic carbocycles. The average Bonchev–Trinajstić information content (AvgIpc) is 2.59. The van der Waals surface area contributed by atoms with E-state index in [-0.39, 0.29) is 5.91 Å². The number of likely N-dealkylation sites (N-methyl/N-ethyl adjacent to an activating group) is 1. The number of carbonyl (C=O) groups is 1. The molecule has 4 heteroatoms. The third-order valence-corrected chi connectivity index (χ3v) is 1.94. The molecule has 0 fully saturated rings. The molecule has 1 aromatic rings. The number of aryl methyl sites for hydroxylation is 1. The third kappa shape index (κ3) is 2.88. The van der Waals surface area contributed by atoms with Crippen LogP contribution in [-0.4, -0.2) is 25.5 Å². The van der Waals surface area contributed by atoms with Crippen LogP contribution in [0.4, 0.5) is 0 Å². The van der Waals surface area contributed by atoms with Gasteiger partial charge in [-0.05, 0) is 19.5 Å². The molecule has 0 atom stereocenters. The summed E-state index contributed by atoms with van der Waals surface area (Å²) in [6.45, 7) is 6.15. The molecule has 0 spiro atoms. The van der Waals surface area contributed by atoms with Gasteiger partial charge in [0.2, 0.25) is 0 Å². The number of hydrogen-bond acceptors (Lipinski definition) is 3. The van der Waals surface area contributed by atoms with Crippen LogP contribution in [0.25, 0.3) is 0 Å². The van der Waals surface area contributed by atoms with Crippen LogP contribution in [0.15, 0.2) is 16.7 Å². The first kappa shape index (κ1) is 10.8. The third-order valence-electron chi connectivity index (χ3n) is 1.94. The lowest BCUT2D eigenvalue weighted by molar-refractivity contribution is 0.0952. The molecule has 4 nitrogen and oxygen atoms in total. The van der Waals surface area contributed by atoms with Crippen LogP contribution in [0, 0.1) is 6.92 Å². The number of amides is 1. The van der Waals surface area contributed by atoms with E-state index >= 15 is 0 Å². The number of hydrogen-bond donors (Lipinski definition) is 2. The summed E-state index contributed by atoms with van der Waals surface area (Å²) >= 11 is 0. The molecule has 0 aromatic carbocycles. The van der Waals surface area contributed by atoms with Crippen molar-refractivity contribution in [3.05, 3.63) is 23.7 Å². The molecule has 1 heterocycles. The van der Waals surface area contributed by atoms with E-state index in [2.05, 4.69) is 10.6 Å². The zero-order valence-electron chi connectivity index (χ0n) is 8.59. The van der Waals surface area contributed by atoms with Crippen LogP contribution >= 0.6 is 0 Å². The van der Waals surface area contributed by atoms with Gasteiger partial charge in [0.05, 0.1) is 11.8 Å². The average molecular weight is 196 g/mol. The van der Waals surface area contributed by atoms with E-state index in [0.717, 1.165) is 13.1 Å². The topological polar surface area (TPSA) is 54.3 Å². The Balaban J connectivity index is 2.32. The SMILES string of the molecule is CCNCCNC(=O)c1ccoc1C. The Morgan fingerprint density at radius 2 is 2.29 bits per heavy atom. The van der Waals surface area contributed by atoms with Gasteiger partial charge in [-0.25, -0.2) is 0 Å². The summed E-state index contributed by atoms with van der Waals surface area (Å²) in [5, 5.41) is 5.92. The van der Waals surface area contributed by atoms with Crippen LogP contribution in [0.2, 0.25) is 0 Å². The molecular weight excluding hydrogens is 180 g/mol. The van der Waals surface area contributed by atoms with E-state index in [1.54, 1.807) is 13.0 Å². The normalized spacial score (nSPS) is 10.1. The summed E-state index contributed by atoms with van der Waals surface area (Å²) in [6, 6.07) is 1.68. The molecule has 0 bridgehead atoms. The van der Waals surface area contributed by atoms with Gasteiger partial charge in [-0.2, -0.15) is 0 Å². The van der Waals surface area contributed by atoms with Crippen LogP contribution in [0.1, 0.15) is 23.0 Å². The Kier molecular flexibility index (Phi) is 4.19. The van der Waals surface area contributed by atoms with Gasteiger partial charge in [0.15, 0.2) is 0 Å². The van der Waals surface area contributed by atoms with Gasteiger partial charge in [0.25, 0.3) is 5.91 Å². The minimum atomic E-state index is -0.0749. The van der Waals surface area contributed by atoms with Crippen molar-refractivity contribution in [3.8, 4) is 0 Å². The Morgan fingerprint density at radius 1 is 1.50 bits per heavy atom. The molecule has 1 amide bonds. The summed E-state index contributed by atoms with van der Waals surface area (Å²) < 4.78 is 5.04. The van der Waals surface area contributed by atoms with Crippen LogP contribution < -0.4 is 10.6 Å². The maximum absolute atomic E-state index is 11.5. The van der Waals surface area contributed by atoms with Crippen LogP contribution in [0.5, 0.6) is 0 Å². The Bertz CT molecular complexity index is 294. The van der Waals surface area contributed by atoms with Crippen molar-refractivity contribution < 1.29 is 9.21 Å². The molecule has 1 aromatic heterocycles. The molecule has 2 N–H and O–H groups in total. The Morgan fingerprint density at radius 3 is 2.86 bits per heavy atom. The van der Waals surface area contributed by atoms with Gasteiger partial charge < -0.3 is 15.1 Å². The number of nitrogens with one attached hydrogen (secondary N) is 2. The highest BCUT2D eigenvalue weighted by Gasteiger charge is 2.09. The quantitative estimate of drug-likeness (QED) is 0.689. The van der Waals surface area contributed by atoms with Gasteiger partial charge in [-0.1, -0.05) is 6.92 Å². The highest BCUT2D eigenvalue weighted by Crippen LogP contribution is 2.07. The largest absolute Gasteiger partial charge is 0.469 e. The molecule has 0 aliphatic rings. The van der Waals surface area contributed by atoms with Crippen molar-refractivity contribution in [1.82, 2.24) is 10.6 Å². The van der Waals surface area contributed by atoms with E-state index in [1.165, 1.54) is 6.26 Å². The van der Waals surface area contributed by atoms with Crippen molar-refractivity contribution in [2.45, 2.75) is 13.8 Å². The van der Waals surface area contributed by atoms with Gasteiger partial charge in [0.1, 0.15) is 5.76 Å². The van der Waals surface area contributed by atoms with Gasteiger partial charge in [0, 0.05) is 13.1 Å². The predicted octanol–water partition coefficient (Wildman–Crippen LogP) is 0.927. The lowest BCUT2D eigenvalue weighted by Gasteiger charge is -2.04. The van der Waals surface area contributed by atoms with E-state index in [0.29, 0.717) is 17.9 Å². The van der Waals surface area contributed by atoms with Crippen molar-refractivity contribution >= 4 is 5.91 Å². The van der Waals surface area contributed by atoms with E-state index < -0.39 is 0 Å². The summed E-state index contributed by atoms with van der Waals surface area (Å²) in [4.78, 5) is 11.5. The fraction of sp³-hybridized carbons (Fsp3) is 0.500. The molecule has 1 rings (SSSR count). The fourth-order valence-corrected chi connectivity index (χ4v) is 1.16. The first-order valence-corrected chi connectivity index (χ1v) is 4.78. The predicted molar refractivity (Wildman–Crippen MR) is 54.3 cm³/mol. The summed E-state index contributed by atoms with van der Waals surface area (Å²) in [5.74, 6) is 0.583. The van der Waals surface area contributed by atoms with E-state index in [1.807, 2.05) is 6.92 Å². The van der Waals surface area contributed by atoms with Crippen molar-refractivity contribution in [2.24, 2.45) is 0 Å². The second-order valence-corrected chi connectivity index (χ2v) is 3.00. The Labute approximate surface area is 83.7 Å². The molecule has 14 heavy (non-hydrogen) atoms. The fourth-order valence-electron chi connectivity index (χ4n) is 1.16. The summed E-state index contributed by atoms with van der Waals surface area (Å²) in [6.07, 6.45) is 1.52. The number of carbonyl (C=O) groups excluding carboxylic acids is 1. The van der Waals surface area contributed by atoms with Gasteiger partial charge in [-0.3, -0.25) is 4.79 Å². The lowest BCUT2D eigenvalue weighted by Crippen LogP contribution is -2.31. The second-order valence-electron chi connectivity index (χ2n) is 3.00. The maximum atomic E-state index is 11.5. The van der Waals surface area contributed by atoms with Crippen molar-refractivity contribution in [3.63, 3.8) is 0 Å². The maximum Gasteiger partial charge on any atom is 0.254 e. The van der Waals surface area contributed by atoms with Gasteiger partial charge in [-0.15, -0.1) is 0 Å². The molecule has 0 aliphatic heterocycles. The molecule has 0 radical (unpaired) electrons. The van der Waals surface area contributed by atoms with Crippen LogP contribution in [0.3, 0.4) is 0 Å². The van der Waals surface area contributed by atoms with Gasteiger partial charge >= 0.3 is 0 Å². The monoisotopic (exact) mass is 196 g/mol. The molecule has 0 saturated heterocycles. The molecule has 0 saturated carbocycles. The minimum Gasteiger partial charge on any atom is -0.469 e. The van der Waals surface area contributed by atoms with E-state index in [4.69, 9.17) is 4.42 Å². The second kappa shape index (κ2) is 5.44. The number of rotatable bonds is 5. The highest BCUT2D eigenvalue weighted by atomic mass is 16.3. The zero-order valence-corrected chi connectivity index (χ0v) is 8.59. The molecule has 78 valence electrons.